The van der Waals surface area contributed by atoms with E-state index in [1.54, 1.807) is 12.1 Å². The monoisotopic (exact) mass is 268 g/mol. The molecule has 0 saturated carbocycles. The van der Waals surface area contributed by atoms with Crippen molar-refractivity contribution in [2.75, 3.05) is 18.5 Å². The molecule has 0 saturated heterocycles. The van der Waals surface area contributed by atoms with E-state index in [0.29, 0.717) is 0 Å². The molecule has 1 unspecified atom stereocenters. The molecular weight excluding hydrogens is 252 g/mol. The van der Waals surface area contributed by atoms with E-state index in [9.17, 15) is 14.7 Å². The van der Waals surface area contributed by atoms with Crippen molar-refractivity contribution in [3.05, 3.63) is 24.3 Å². The van der Waals surface area contributed by atoms with Crippen LogP contribution in [0, 0.1) is 0 Å². The lowest BCUT2D eigenvalue weighted by molar-refractivity contribution is -0.141. The number of nitrogens with one attached hydrogen (secondary N) is 2. The van der Waals surface area contributed by atoms with Gasteiger partial charge in [0.15, 0.2) is 0 Å². The van der Waals surface area contributed by atoms with Crippen LogP contribution in [0.3, 0.4) is 0 Å². The fraction of sp³-hybridized carbons (Fsp3) is 0.333. The van der Waals surface area contributed by atoms with Crippen molar-refractivity contribution in [2.45, 2.75) is 12.5 Å². The number of carboxylic acids is 1. The van der Waals surface area contributed by atoms with E-state index in [4.69, 9.17) is 10.2 Å². The first-order valence-corrected chi connectivity index (χ1v) is 5.69. The van der Waals surface area contributed by atoms with Crippen LogP contribution in [-0.2, 0) is 9.59 Å². The zero-order valence-electron chi connectivity index (χ0n) is 10.2. The van der Waals surface area contributed by atoms with E-state index in [1.807, 2.05) is 0 Å². The number of aromatic hydroxyl groups is 1. The summed E-state index contributed by atoms with van der Waals surface area (Å²) < 4.78 is 0. The Kier molecular flexibility index (Phi) is 5.77. The van der Waals surface area contributed by atoms with Gasteiger partial charge in [0.25, 0.3) is 0 Å². The van der Waals surface area contributed by atoms with Gasteiger partial charge in [0, 0.05) is 6.54 Å². The molecular formula is C12H16N2O5. The van der Waals surface area contributed by atoms with Crippen molar-refractivity contribution >= 4 is 17.6 Å². The summed E-state index contributed by atoms with van der Waals surface area (Å²) in [5, 5.41) is 31.9. The summed E-state index contributed by atoms with van der Waals surface area (Å²) >= 11 is 0. The second-order valence-electron chi connectivity index (χ2n) is 3.84. The van der Waals surface area contributed by atoms with Crippen LogP contribution in [0.5, 0.6) is 5.75 Å². The van der Waals surface area contributed by atoms with Crippen LogP contribution < -0.4 is 10.6 Å². The molecule has 0 bridgehead atoms. The minimum atomic E-state index is -1.18. The Hall–Kier alpha value is -2.12. The number of aliphatic hydroxyl groups excluding tert-OH is 1. The van der Waals surface area contributed by atoms with E-state index in [0.717, 1.165) is 0 Å². The maximum absolute atomic E-state index is 11.7. The van der Waals surface area contributed by atoms with Crippen molar-refractivity contribution in [2.24, 2.45) is 0 Å². The molecule has 0 aliphatic heterocycles. The molecule has 0 aliphatic rings. The minimum Gasteiger partial charge on any atom is -0.506 e. The molecule has 1 amide bonds. The molecule has 0 radical (unpaired) electrons. The normalized spacial score (nSPS) is 11.8. The van der Waals surface area contributed by atoms with Gasteiger partial charge >= 0.3 is 5.97 Å². The van der Waals surface area contributed by atoms with Crippen molar-refractivity contribution in [1.82, 2.24) is 5.32 Å². The van der Waals surface area contributed by atoms with E-state index in [-0.39, 0.29) is 31.0 Å². The summed E-state index contributed by atoms with van der Waals surface area (Å²) in [4.78, 5) is 22.5. The second kappa shape index (κ2) is 7.34. The lowest BCUT2D eigenvalue weighted by Gasteiger charge is -2.13. The Balaban J connectivity index is 2.58. The molecule has 0 heterocycles. The van der Waals surface area contributed by atoms with Gasteiger partial charge < -0.3 is 26.0 Å². The molecule has 1 aromatic carbocycles. The zero-order valence-corrected chi connectivity index (χ0v) is 10.2. The maximum atomic E-state index is 11.7. The molecule has 0 aliphatic carbocycles. The number of phenolic OH excluding ortho intramolecular Hbond substituents is 1. The number of phenols is 1. The molecule has 19 heavy (non-hydrogen) atoms. The minimum absolute atomic E-state index is 0.0842. The quantitative estimate of drug-likeness (QED) is 0.435. The van der Waals surface area contributed by atoms with E-state index in [2.05, 4.69) is 10.6 Å². The smallest absolute Gasteiger partial charge is 0.321 e. The first kappa shape index (κ1) is 14.9. The Morgan fingerprint density at radius 1 is 1.26 bits per heavy atom. The number of anilines is 1. The third kappa shape index (κ3) is 4.94. The van der Waals surface area contributed by atoms with Gasteiger partial charge in [0.05, 0.1) is 18.7 Å². The number of aliphatic hydroxyl groups is 1. The Morgan fingerprint density at radius 2 is 1.95 bits per heavy atom. The predicted molar refractivity (Wildman–Crippen MR) is 67.9 cm³/mol. The van der Waals surface area contributed by atoms with Gasteiger partial charge in [-0.1, -0.05) is 12.1 Å². The molecule has 7 nitrogen and oxygen atoms in total. The molecule has 1 aromatic rings. The number of carbonyl (C=O) groups is 2. The van der Waals surface area contributed by atoms with Gasteiger partial charge in [-0.15, -0.1) is 0 Å². The fourth-order valence-corrected chi connectivity index (χ4v) is 1.45. The summed E-state index contributed by atoms with van der Waals surface area (Å²) in [5.74, 6) is -1.81. The van der Waals surface area contributed by atoms with Crippen molar-refractivity contribution < 1.29 is 24.9 Å². The van der Waals surface area contributed by atoms with Crippen molar-refractivity contribution in [1.29, 1.82) is 0 Å². The van der Waals surface area contributed by atoms with Gasteiger partial charge in [0.2, 0.25) is 5.91 Å². The summed E-state index contributed by atoms with van der Waals surface area (Å²) in [6.07, 6.45) is -0.302. The van der Waals surface area contributed by atoms with Gasteiger partial charge in [-0.05, 0) is 12.1 Å². The third-order valence-electron chi connectivity index (χ3n) is 2.37. The fourth-order valence-electron chi connectivity index (χ4n) is 1.45. The van der Waals surface area contributed by atoms with Crippen LogP contribution in [0.25, 0.3) is 0 Å². The zero-order chi connectivity index (χ0) is 14.3. The van der Waals surface area contributed by atoms with Gasteiger partial charge in [-0.3, -0.25) is 9.59 Å². The molecule has 7 heteroatoms. The Morgan fingerprint density at radius 3 is 2.53 bits per heavy atom. The third-order valence-corrected chi connectivity index (χ3v) is 2.37. The van der Waals surface area contributed by atoms with Gasteiger partial charge in [-0.2, -0.15) is 0 Å². The standard InChI is InChI=1S/C12H16N2O5/c15-6-5-13-9(12(18)19)7-11(17)14-8-3-1-2-4-10(8)16/h1-4,9,13,15-16H,5-7H2,(H,14,17)(H,18,19). The highest BCUT2D eigenvalue weighted by Gasteiger charge is 2.20. The van der Waals surface area contributed by atoms with E-state index >= 15 is 0 Å². The lowest BCUT2D eigenvalue weighted by Crippen LogP contribution is -2.41. The highest BCUT2D eigenvalue weighted by atomic mass is 16.4. The summed E-state index contributed by atoms with van der Waals surface area (Å²) in [7, 11) is 0. The molecule has 1 rings (SSSR count). The number of hydrogen-bond donors (Lipinski definition) is 5. The first-order valence-electron chi connectivity index (χ1n) is 5.69. The molecule has 0 spiro atoms. The summed E-state index contributed by atoms with van der Waals surface area (Å²) in [5.41, 5.74) is 0.221. The first-order chi connectivity index (χ1) is 9.04. The number of rotatable bonds is 7. The predicted octanol–water partition coefficient (Wildman–Crippen LogP) is -0.244. The number of carboxylic acid groups (broad SMARTS) is 1. The van der Waals surface area contributed by atoms with E-state index in [1.165, 1.54) is 12.1 Å². The molecule has 5 N–H and O–H groups in total. The molecule has 104 valence electrons. The average molecular weight is 268 g/mol. The van der Waals surface area contributed by atoms with Gasteiger partial charge in [0.1, 0.15) is 11.8 Å². The van der Waals surface area contributed by atoms with Crippen LogP contribution >= 0.6 is 0 Å². The van der Waals surface area contributed by atoms with E-state index < -0.39 is 17.9 Å². The second-order valence-corrected chi connectivity index (χ2v) is 3.84. The Labute approximate surface area is 109 Å². The number of amides is 1. The number of para-hydroxylation sites is 2. The number of benzene rings is 1. The lowest BCUT2D eigenvalue weighted by atomic mass is 10.2. The highest BCUT2D eigenvalue weighted by Crippen LogP contribution is 2.21. The number of hydrogen-bond acceptors (Lipinski definition) is 5. The number of carbonyl (C=O) groups excluding carboxylic acids is 1. The van der Waals surface area contributed by atoms with Crippen LogP contribution in [-0.4, -0.2) is 46.4 Å². The highest BCUT2D eigenvalue weighted by molar-refractivity contribution is 5.95. The largest absolute Gasteiger partial charge is 0.506 e. The van der Waals surface area contributed by atoms with Crippen LogP contribution in [0.4, 0.5) is 5.69 Å². The summed E-state index contributed by atoms with van der Waals surface area (Å²) in [6, 6.07) is 5.07. The van der Waals surface area contributed by atoms with Crippen molar-refractivity contribution in [3.8, 4) is 5.75 Å². The average Bonchev–Trinajstić information content (AvgIpc) is 2.37. The van der Waals surface area contributed by atoms with Gasteiger partial charge in [-0.25, -0.2) is 0 Å². The van der Waals surface area contributed by atoms with Crippen LogP contribution in [0.2, 0.25) is 0 Å². The maximum Gasteiger partial charge on any atom is 0.321 e. The summed E-state index contributed by atoms with van der Waals surface area (Å²) in [6.45, 7) is -0.133. The SMILES string of the molecule is O=C(CC(NCCO)C(=O)O)Nc1ccccc1O. The number of aliphatic carboxylic acids is 1. The molecule has 0 aromatic heterocycles. The van der Waals surface area contributed by atoms with Crippen LogP contribution in [0.15, 0.2) is 24.3 Å². The van der Waals surface area contributed by atoms with Crippen molar-refractivity contribution in [3.63, 3.8) is 0 Å². The Bertz CT molecular complexity index is 450. The topological polar surface area (TPSA) is 119 Å². The molecule has 0 fully saturated rings. The molecule has 1 atom stereocenters. The van der Waals surface area contributed by atoms with Crippen LogP contribution in [0.1, 0.15) is 6.42 Å².